The number of rotatable bonds is 5. The number of amides is 1. The van der Waals surface area contributed by atoms with Crippen LogP contribution in [0.2, 0.25) is 0 Å². The van der Waals surface area contributed by atoms with Gasteiger partial charge in [-0.15, -0.1) is 11.8 Å². The Labute approximate surface area is 106 Å². The average Bonchev–Trinajstić information content (AvgIpc) is 2.32. The van der Waals surface area contributed by atoms with E-state index in [1.165, 1.54) is 11.8 Å². The van der Waals surface area contributed by atoms with Gasteiger partial charge in [-0.25, -0.2) is 0 Å². The highest BCUT2D eigenvalue weighted by Crippen LogP contribution is 2.29. The van der Waals surface area contributed by atoms with Crippen molar-refractivity contribution in [2.24, 2.45) is 0 Å². The van der Waals surface area contributed by atoms with Crippen molar-refractivity contribution in [2.75, 3.05) is 18.9 Å². The summed E-state index contributed by atoms with van der Waals surface area (Å²) in [5.41, 5.74) is 7.05. The average molecular weight is 254 g/mol. The lowest BCUT2D eigenvalue weighted by Crippen LogP contribution is -2.22. The SMILES string of the molecule is CCNC(=O)c1ccc(N)c(SC(C)CO)c1. The minimum atomic E-state index is -0.106. The van der Waals surface area contributed by atoms with Gasteiger partial charge in [-0.3, -0.25) is 4.79 Å². The Bertz CT molecular complexity index is 396. The fourth-order valence-electron chi connectivity index (χ4n) is 1.29. The Morgan fingerprint density at radius 1 is 1.59 bits per heavy atom. The summed E-state index contributed by atoms with van der Waals surface area (Å²) < 4.78 is 0. The quantitative estimate of drug-likeness (QED) is 0.550. The number of nitrogens with one attached hydrogen (secondary N) is 1. The number of carbonyl (C=O) groups is 1. The molecule has 1 aromatic rings. The first-order valence-electron chi connectivity index (χ1n) is 5.53. The van der Waals surface area contributed by atoms with E-state index < -0.39 is 0 Å². The first-order chi connectivity index (χ1) is 8.08. The molecule has 1 aromatic carbocycles. The lowest BCUT2D eigenvalue weighted by molar-refractivity contribution is 0.0955. The third-order valence-electron chi connectivity index (χ3n) is 2.20. The lowest BCUT2D eigenvalue weighted by atomic mass is 10.2. The van der Waals surface area contributed by atoms with Crippen LogP contribution in [0.1, 0.15) is 24.2 Å². The first kappa shape index (κ1) is 13.9. The van der Waals surface area contributed by atoms with Crippen molar-refractivity contribution in [2.45, 2.75) is 24.0 Å². The predicted octanol–water partition coefficient (Wildman–Crippen LogP) is 1.49. The molecule has 17 heavy (non-hydrogen) atoms. The molecule has 0 bridgehead atoms. The summed E-state index contributed by atoms with van der Waals surface area (Å²) in [5.74, 6) is -0.106. The number of nitrogen functional groups attached to an aromatic ring is 1. The van der Waals surface area contributed by atoms with Gasteiger partial charge < -0.3 is 16.2 Å². The molecule has 94 valence electrons. The van der Waals surface area contributed by atoms with Crippen LogP contribution in [0.5, 0.6) is 0 Å². The van der Waals surface area contributed by atoms with Crippen LogP contribution in [-0.4, -0.2) is 29.4 Å². The molecule has 0 fully saturated rings. The van der Waals surface area contributed by atoms with Crippen LogP contribution in [0.15, 0.2) is 23.1 Å². The Morgan fingerprint density at radius 3 is 2.88 bits per heavy atom. The monoisotopic (exact) mass is 254 g/mol. The summed E-state index contributed by atoms with van der Waals surface area (Å²) in [7, 11) is 0. The van der Waals surface area contributed by atoms with Crippen molar-refractivity contribution in [3.63, 3.8) is 0 Å². The Morgan fingerprint density at radius 2 is 2.29 bits per heavy atom. The number of aliphatic hydroxyl groups is 1. The smallest absolute Gasteiger partial charge is 0.251 e. The fourth-order valence-corrected chi connectivity index (χ4v) is 2.20. The van der Waals surface area contributed by atoms with Gasteiger partial charge in [-0.1, -0.05) is 6.92 Å². The fraction of sp³-hybridized carbons (Fsp3) is 0.417. The maximum Gasteiger partial charge on any atom is 0.251 e. The molecule has 0 saturated heterocycles. The van der Waals surface area contributed by atoms with Crippen LogP contribution in [0.25, 0.3) is 0 Å². The molecule has 0 aliphatic rings. The van der Waals surface area contributed by atoms with Crippen molar-refractivity contribution >= 4 is 23.4 Å². The third kappa shape index (κ3) is 3.94. The zero-order chi connectivity index (χ0) is 12.8. The highest BCUT2D eigenvalue weighted by Gasteiger charge is 2.10. The van der Waals surface area contributed by atoms with E-state index in [0.29, 0.717) is 17.8 Å². The van der Waals surface area contributed by atoms with Gasteiger partial charge in [0.25, 0.3) is 5.91 Å². The second kappa shape index (κ2) is 6.51. The van der Waals surface area contributed by atoms with Crippen molar-refractivity contribution in [3.8, 4) is 0 Å². The molecule has 0 radical (unpaired) electrons. The van der Waals surface area contributed by atoms with E-state index >= 15 is 0 Å². The molecular weight excluding hydrogens is 236 g/mol. The van der Waals surface area contributed by atoms with Crippen LogP contribution in [0, 0.1) is 0 Å². The summed E-state index contributed by atoms with van der Waals surface area (Å²) in [5, 5.41) is 11.8. The van der Waals surface area contributed by atoms with Gasteiger partial charge >= 0.3 is 0 Å². The van der Waals surface area contributed by atoms with Gasteiger partial charge in [-0.2, -0.15) is 0 Å². The van der Waals surface area contributed by atoms with Crippen molar-refractivity contribution in [1.82, 2.24) is 5.32 Å². The van der Waals surface area contributed by atoms with E-state index in [2.05, 4.69) is 5.32 Å². The van der Waals surface area contributed by atoms with Crippen LogP contribution >= 0.6 is 11.8 Å². The summed E-state index contributed by atoms with van der Waals surface area (Å²) in [6.45, 7) is 4.45. The Balaban J connectivity index is 2.90. The molecule has 1 amide bonds. The molecular formula is C12H18N2O2S. The molecule has 0 aliphatic heterocycles. The normalized spacial score (nSPS) is 12.2. The van der Waals surface area contributed by atoms with E-state index in [1.807, 2.05) is 13.8 Å². The molecule has 1 rings (SSSR count). The number of hydrogen-bond acceptors (Lipinski definition) is 4. The Kier molecular flexibility index (Phi) is 5.31. The number of anilines is 1. The van der Waals surface area contributed by atoms with Crippen LogP contribution in [-0.2, 0) is 0 Å². The zero-order valence-corrected chi connectivity index (χ0v) is 10.9. The number of benzene rings is 1. The molecule has 4 N–H and O–H groups in total. The maximum absolute atomic E-state index is 11.7. The van der Waals surface area contributed by atoms with E-state index in [-0.39, 0.29) is 17.8 Å². The summed E-state index contributed by atoms with van der Waals surface area (Å²) >= 11 is 1.46. The second-order valence-corrected chi connectivity index (χ2v) is 5.20. The van der Waals surface area contributed by atoms with E-state index in [9.17, 15) is 4.79 Å². The number of thioether (sulfide) groups is 1. The molecule has 0 saturated carbocycles. The highest BCUT2D eigenvalue weighted by molar-refractivity contribution is 8.00. The van der Waals surface area contributed by atoms with Gasteiger partial charge in [0.15, 0.2) is 0 Å². The van der Waals surface area contributed by atoms with E-state index in [0.717, 1.165) is 4.90 Å². The van der Waals surface area contributed by atoms with E-state index in [1.54, 1.807) is 18.2 Å². The van der Waals surface area contributed by atoms with Gasteiger partial charge in [0, 0.05) is 27.9 Å². The molecule has 1 unspecified atom stereocenters. The summed E-state index contributed by atoms with van der Waals surface area (Å²) in [6.07, 6.45) is 0. The van der Waals surface area contributed by atoms with Crippen LogP contribution in [0.4, 0.5) is 5.69 Å². The topological polar surface area (TPSA) is 75.4 Å². The largest absolute Gasteiger partial charge is 0.398 e. The Hall–Kier alpha value is -1.20. The first-order valence-corrected chi connectivity index (χ1v) is 6.41. The minimum Gasteiger partial charge on any atom is -0.398 e. The lowest BCUT2D eigenvalue weighted by Gasteiger charge is -2.11. The molecule has 0 heterocycles. The third-order valence-corrected chi connectivity index (χ3v) is 3.36. The minimum absolute atomic E-state index is 0.0572. The summed E-state index contributed by atoms with van der Waals surface area (Å²) in [4.78, 5) is 12.5. The van der Waals surface area contributed by atoms with Gasteiger partial charge in [0.2, 0.25) is 0 Å². The molecule has 5 heteroatoms. The van der Waals surface area contributed by atoms with Crippen LogP contribution in [0.3, 0.4) is 0 Å². The molecule has 0 aromatic heterocycles. The number of aliphatic hydroxyl groups excluding tert-OH is 1. The van der Waals surface area contributed by atoms with Crippen molar-refractivity contribution in [3.05, 3.63) is 23.8 Å². The standard InChI is InChI=1S/C12H18N2O2S/c1-3-14-12(16)9-4-5-10(13)11(6-9)17-8(2)7-15/h4-6,8,15H,3,7,13H2,1-2H3,(H,14,16). The molecule has 0 aliphatic carbocycles. The number of hydrogen-bond donors (Lipinski definition) is 3. The number of carbonyl (C=O) groups excluding carboxylic acids is 1. The molecule has 0 spiro atoms. The highest BCUT2D eigenvalue weighted by atomic mass is 32.2. The predicted molar refractivity (Wildman–Crippen MR) is 71.3 cm³/mol. The van der Waals surface area contributed by atoms with E-state index in [4.69, 9.17) is 10.8 Å². The second-order valence-electron chi connectivity index (χ2n) is 3.72. The van der Waals surface area contributed by atoms with Gasteiger partial charge in [-0.05, 0) is 25.1 Å². The van der Waals surface area contributed by atoms with Gasteiger partial charge in [0.05, 0.1) is 6.61 Å². The van der Waals surface area contributed by atoms with Crippen molar-refractivity contribution in [1.29, 1.82) is 0 Å². The maximum atomic E-state index is 11.7. The molecule has 1 atom stereocenters. The van der Waals surface area contributed by atoms with Crippen molar-refractivity contribution < 1.29 is 9.90 Å². The summed E-state index contributed by atoms with van der Waals surface area (Å²) in [6, 6.07) is 5.18. The van der Waals surface area contributed by atoms with Crippen LogP contribution < -0.4 is 11.1 Å². The molecule has 4 nitrogen and oxygen atoms in total. The number of nitrogens with two attached hydrogens (primary N) is 1. The zero-order valence-electron chi connectivity index (χ0n) is 10.1. The van der Waals surface area contributed by atoms with Gasteiger partial charge in [0.1, 0.15) is 0 Å².